The van der Waals surface area contributed by atoms with E-state index in [4.69, 9.17) is 15.6 Å². The zero-order chi connectivity index (χ0) is 16.8. The highest BCUT2D eigenvalue weighted by molar-refractivity contribution is 5.87. The van der Waals surface area contributed by atoms with E-state index in [0.29, 0.717) is 5.56 Å². The van der Waals surface area contributed by atoms with Crippen LogP contribution in [0.15, 0.2) is 60.7 Å². The fraction of sp³-hybridized carbons (Fsp3) is 0.316. The minimum Gasteiger partial charge on any atom is -0.478 e. The van der Waals surface area contributed by atoms with Gasteiger partial charge in [-0.1, -0.05) is 48.5 Å². The molecule has 4 heteroatoms. The van der Waals surface area contributed by atoms with E-state index in [1.165, 1.54) is 18.4 Å². The second-order valence-corrected chi connectivity index (χ2v) is 5.01. The number of ether oxygens (including phenoxy) is 1. The predicted octanol–water partition coefficient (Wildman–Crippen LogP) is 3.37. The van der Waals surface area contributed by atoms with Crippen molar-refractivity contribution in [3.8, 4) is 0 Å². The molecule has 0 bridgehead atoms. The van der Waals surface area contributed by atoms with Crippen LogP contribution in [-0.4, -0.2) is 30.8 Å². The van der Waals surface area contributed by atoms with Gasteiger partial charge in [0, 0.05) is 13.2 Å². The molecule has 0 saturated carbocycles. The largest absolute Gasteiger partial charge is 0.478 e. The van der Waals surface area contributed by atoms with Gasteiger partial charge in [0.2, 0.25) is 0 Å². The Balaban J connectivity index is 0.000000180. The summed E-state index contributed by atoms with van der Waals surface area (Å²) in [6, 6.07) is 18.6. The Morgan fingerprint density at radius 1 is 0.957 bits per heavy atom. The fourth-order valence-corrected chi connectivity index (χ4v) is 1.90. The lowest BCUT2D eigenvalue weighted by molar-refractivity contribution is 0.0697. The van der Waals surface area contributed by atoms with Gasteiger partial charge in [-0.25, -0.2) is 4.79 Å². The highest BCUT2D eigenvalue weighted by Crippen LogP contribution is 1.98. The number of hydrogen-bond acceptors (Lipinski definition) is 3. The molecule has 0 amide bonds. The lowest BCUT2D eigenvalue weighted by atomic mass is 10.2. The molecule has 3 N–H and O–H groups in total. The molecule has 1 fully saturated rings. The number of benzene rings is 2. The Bertz CT molecular complexity index is 517. The summed E-state index contributed by atoms with van der Waals surface area (Å²) in [5, 5.41) is 8.38. The third-order valence-corrected chi connectivity index (χ3v) is 3.12. The second kappa shape index (κ2) is 12.4. The summed E-state index contributed by atoms with van der Waals surface area (Å²) in [6.07, 6.45) is 3.54. The van der Waals surface area contributed by atoms with Gasteiger partial charge in [0.1, 0.15) is 0 Å². The van der Waals surface area contributed by atoms with Crippen LogP contribution in [0.1, 0.15) is 28.8 Å². The van der Waals surface area contributed by atoms with E-state index in [9.17, 15) is 4.79 Å². The van der Waals surface area contributed by atoms with Gasteiger partial charge in [-0.15, -0.1) is 0 Å². The van der Waals surface area contributed by atoms with Crippen molar-refractivity contribution in [2.45, 2.75) is 19.3 Å². The maximum atomic E-state index is 10.2. The summed E-state index contributed by atoms with van der Waals surface area (Å²) in [4.78, 5) is 10.2. The van der Waals surface area contributed by atoms with Crippen LogP contribution in [0, 0.1) is 0 Å². The van der Waals surface area contributed by atoms with E-state index in [0.717, 1.165) is 26.2 Å². The van der Waals surface area contributed by atoms with Gasteiger partial charge >= 0.3 is 5.97 Å². The van der Waals surface area contributed by atoms with Crippen LogP contribution >= 0.6 is 0 Å². The van der Waals surface area contributed by atoms with Gasteiger partial charge in [0.25, 0.3) is 0 Å². The van der Waals surface area contributed by atoms with E-state index >= 15 is 0 Å². The lowest BCUT2D eigenvalue weighted by Crippen LogP contribution is -2.01. The molecule has 3 rings (SSSR count). The second-order valence-electron chi connectivity index (χ2n) is 5.01. The molecule has 0 aliphatic carbocycles. The van der Waals surface area contributed by atoms with Gasteiger partial charge < -0.3 is 15.6 Å². The van der Waals surface area contributed by atoms with Crippen LogP contribution in [0.2, 0.25) is 0 Å². The van der Waals surface area contributed by atoms with Crippen LogP contribution in [0.4, 0.5) is 0 Å². The first-order valence-electron chi connectivity index (χ1n) is 7.84. The minimum atomic E-state index is -0.879. The van der Waals surface area contributed by atoms with Gasteiger partial charge in [-0.3, -0.25) is 0 Å². The number of aromatic carboxylic acids is 1. The topological polar surface area (TPSA) is 72.5 Å². The first-order valence-corrected chi connectivity index (χ1v) is 7.84. The quantitative estimate of drug-likeness (QED) is 0.911. The van der Waals surface area contributed by atoms with Crippen molar-refractivity contribution in [2.75, 3.05) is 19.8 Å². The monoisotopic (exact) mass is 315 g/mol. The number of nitrogens with two attached hydrogens (primary N) is 1. The molecule has 23 heavy (non-hydrogen) atoms. The molecule has 2 aromatic carbocycles. The van der Waals surface area contributed by atoms with Crippen LogP contribution in [0.25, 0.3) is 0 Å². The first kappa shape index (κ1) is 18.9. The molecule has 1 aliphatic rings. The van der Waals surface area contributed by atoms with Gasteiger partial charge in [0.05, 0.1) is 5.56 Å². The predicted molar refractivity (Wildman–Crippen MR) is 92.7 cm³/mol. The SMILES string of the molecule is C1CCOC1.NCCc1ccccc1.O=C(O)c1ccccc1. The van der Waals surface area contributed by atoms with E-state index in [1.54, 1.807) is 30.3 Å². The van der Waals surface area contributed by atoms with Crippen LogP contribution in [0.5, 0.6) is 0 Å². The van der Waals surface area contributed by atoms with Crippen molar-refractivity contribution in [3.05, 3.63) is 71.8 Å². The Hall–Kier alpha value is -2.17. The van der Waals surface area contributed by atoms with E-state index in [2.05, 4.69) is 12.1 Å². The summed E-state index contributed by atoms with van der Waals surface area (Å²) in [5.74, 6) is -0.879. The summed E-state index contributed by atoms with van der Waals surface area (Å²) in [6.45, 7) is 2.74. The summed E-state index contributed by atoms with van der Waals surface area (Å²) >= 11 is 0. The van der Waals surface area contributed by atoms with E-state index < -0.39 is 5.97 Å². The van der Waals surface area contributed by atoms with Gasteiger partial charge in [0.15, 0.2) is 0 Å². The fourth-order valence-electron chi connectivity index (χ4n) is 1.90. The third kappa shape index (κ3) is 9.45. The molecule has 1 saturated heterocycles. The molecular formula is C19H25NO3. The summed E-state index contributed by atoms with van der Waals surface area (Å²) < 4.78 is 4.94. The zero-order valence-electron chi connectivity index (χ0n) is 13.4. The number of rotatable bonds is 3. The lowest BCUT2D eigenvalue weighted by Gasteiger charge is -1.93. The number of hydrogen-bond donors (Lipinski definition) is 2. The van der Waals surface area contributed by atoms with Gasteiger partial charge in [-0.05, 0) is 43.5 Å². The molecule has 1 heterocycles. The van der Waals surface area contributed by atoms with Crippen molar-refractivity contribution >= 4 is 5.97 Å². The van der Waals surface area contributed by atoms with Crippen molar-refractivity contribution in [1.29, 1.82) is 0 Å². The Morgan fingerprint density at radius 3 is 1.83 bits per heavy atom. The number of carboxylic acids is 1. The number of carboxylic acid groups (broad SMARTS) is 1. The van der Waals surface area contributed by atoms with Crippen LogP contribution in [0.3, 0.4) is 0 Å². The molecular weight excluding hydrogens is 290 g/mol. The Kier molecular flexibility index (Phi) is 10.2. The molecule has 124 valence electrons. The highest BCUT2D eigenvalue weighted by Gasteiger charge is 1.96. The molecule has 0 atom stereocenters. The van der Waals surface area contributed by atoms with Crippen LogP contribution < -0.4 is 5.73 Å². The van der Waals surface area contributed by atoms with Crippen LogP contribution in [-0.2, 0) is 11.2 Å². The standard InChI is InChI=1S/C8H11N.C7H6O2.C4H8O/c9-7-6-8-4-2-1-3-5-8;8-7(9)6-4-2-1-3-5-6;1-2-4-5-3-1/h1-5H,6-7,9H2;1-5H,(H,8,9);1-4H2. The molecule has 0 aromatic heterocycles. The van der Waals surface area contributed by atoms with Crippen molar-refractivity contribution in [1.82, 2.24) is 0 Å². The van der Waals surface area contributed by atoms with E-state index in [1.807, 2.05) is 18.2 Å². The first-order chi connectivity index (χ1) is 11.2. The highest BCUT2D eigenvalue weighted by atomic mass is 16.5. The summed E-state index contributed by atoms with van der Waals surface area (Å²) in [5.41, 5.74) is 7.01. The summed E-state index contributed by atoms with van der Waals surface area (Å²) in [7, 11) is 0. The Morgan fingerprint density at radius 2 is 1.48 bits per heavy atom. The average Bonchev–Trinajstić information content (AvgIpc) is 3.17. The maximum absolute atomic E-state index is 10.2. The third-order valence-electron chi connectivity index (χ3n) is 3.12. The van der Waals surface area contributed by atoms with Crippen molar-refractivity contribution < 1.29 is 14.6 Å². The molecule has 0 spiro atoms. The maximum Gasteiger partial charge on any atom is 0.335 e. The molecule has 2 aromatic rings. The zero-order valence-corrected chi connectivity index (χ0v) is 13.4. The average molecular weight is 315 g/mol. The molecule has 0 unspecified atom stereocenters. The minimum absolute atomic E-state index is 0.331. The normalized spacial score (nSPS) is 12.4. The molecule has 0 radical (unpaired) electrons. The van der Waals surface area contributed by atoms with Crippen molar-refractivity contribution in [2.24, 2.45) is 5.73 Å². The molecule has 4 nitrogen and oxygen atoms in total. The Labute approximate surface area is 137 Å². The van der Waals surface area contributed by atoms with Gasteiger partial charge in [-0.2, -0.15) is 0 Å². The van der Waals surface area contributed by atoms with Crippen molar-refractivity contribution in [3.63, 3.8) is 0 Å². The van der Waals surface area contributed by atoms with E-state index in [-0.39, 0.29) is 0 Å². The number of carbonyl (C=O) groups is 1. The smallest absolute Gasteiger partial charge is 0.335 e. The molecule has 1 aliphatic heterocycles.